The first-order valence-corrected chi connectivity index (χ1v) is 5.89. The van der Waals surface area contributed by atoms with Gasteiger partial charge in [0.25, 0.3) is 0 Å². The summed E-state index contributed by atoms with van der Waals surface area (Å²) in [5.74, 6) is 0.823. The number of rotatable bonds is 1. The maximum atomic E-state index is 8.83. The Morgan fingerprint density at radius 1 is 1.59 bits per heavy atom. The molecule has 5 heteroatoms. The zero-order chi connectivity index (χ0) is 12.4. The molecule has 0 bridgehead atoms. The molecule has 90 valence electrons. The number of piperidine rings is 1. The number of aryl methyl sites for hydroxylation is 1. The molecule has 0 amide bonds. The smallest absolute Gasteiger partial charge is 0.161 e. The van der Waals surface area contributed by atoms with Gasteiger partial charge in [-0.05, 0) is 26.7 Å². The summed E-state index contributed by atoms with van der Waals surface area (Å²) >= 11 is 0. The van der Waals surface area contributed by atoms with Gasteiger partial charge in [-0.25, -0.2) is 9.97 Å². The second-order valence-corrected chi connectivity index (χ2v) is 4.51. The predicted octanol–water partition coefficient (Wildman–Crippen LogP) is 0.973. The third kappa shape index (κ3) is 2.22. The van der Waals surface area contributed by atoms with Gasteiger partial charge in [-0.2, -0.15) is 5.26 Å². The molecule has 1 saturated heterocycles. The first kappa shape index (κ1) is 11.8. The molecular formula is C12H17N5. The topological polar surface area (TPSA) is 78.8 Å². The number of hydrogen-bond acceptors (Lipinski definition) is 5. The highest BCUT2D eigenvalue weighted by molar-refractivity contribution is 5.42. The molecule has 0 radical (unpaired) electrons. The van der Waals surface area contributed by atoms with Gasteiger partial charge >= 0.3 is 0 Å². The van der Waals surface area contributed by atoms with Gasteiger partial charge in [-0.1, -0.05) is 0 Å². The number of hydrogen-bond donors (Lipinski definition) is 1. The van der Waals surface area contributed by atoms with Crippen molar-refractivity contribution in [1.29, 1.82) is 5.26 Å². The van der Waals surface area contributed by atoms with Crippen LogP contribution in [0, 0.1) is 18.3 Å². The lowest BCUT2D eigenvalue weighted by Gasteiger charge is -2.38. The Labute approximate surface area is 101 Å². The van der Waals surface area contributed by atoms with Crippen molar-refractivity contribution in [3.05, 3.63) is 17.6 Å². The van der Waals surface area contributed by atoms with Crippen LogP contribution in [0.3, 0.4) is 0 Å². The summed E-state index contributed by atoms with van der Waals surface area (Å²) in [6.07, 6.45) is 3.80. The van der Waals surface area contributed by atoms with Crippen LogP contribution < -0.4 is 10.6 Å². The SMILES string of the molecule is Cc1nc(N2CCCC(N)C2C)cnc1C#N. The van der Waals surface area contributed by atoms with Gasteiger partial charge in [0, 0.05) is 18.6 Å². The summed E-state index contributed by atoms with van der Waals surface area (Å²) in [6.45, 7) is 4.87. The molecule has 1 fully saturated rings. The normalized spacial score (nSPS) is 24.5. The van der Waals surface area contributed by atoms with E-state index in [9.17, 15) is 0 Å². The van der Waals surface area contributed by atoms with Crippen LogP contribution in [-0.2, 0) is 0 Å². The lowest BCUT2D eigenvalue weighted by atomic mass is 9.98. The fraction of sp³-hybridized carbons (Fsp3) is 0.583. The van der Waals surface area contributed by atoms with Crippen molar-refractivity contribution in [3.63, 3.8) is 0 Å². The number of nitrogens with zero attached hydrogens (tertiary/aromatic N) is 4. The lowest BCUT2D eigenvalue weighted by Crippen LogP contribution is -2.50. The molecule has 1 aromatic heterocycles. The van der Waals surface area contributed by atoms with Crippen molar-refractivity contribution in [3.8, 4) is 6.07 Å². The van der Waals surface area contributed by atoms with Gasteiger partial charge in [0.2, 0.25) is 0 Å². The Morgan fingerprint density at radius 3 is 3.00 bits per heavy atom. The molecule has 2 N–H and O–H groups in total. The van der Waals surface area contributed by atoms with Crippen molar-refractivity contribution < 1.29 is 0 Å². The molecule has 5 nitrogen and oxygen atoms in total. The fourth-order valence-corrected chi connectivity index (χ4v) is 2.21. The van der Waals surface area contributed by atoms with Gasteiger partial charge in [0.15, 0.2) is 5.69 Å². The Hall–Kier alpha value is -1.67. The summed E-state index contributed by atoms with van der Waals surface area (Å²) in [5.41, 5.74) is 7.13. The van der Waals surface area contributed by atoms with Crippen LogP contribution >= 0.6 is 0 Å². The molecule has 2 heterocycles. The summed E-state index contributed by atoms with van der Waals surface area (Å²) in [5, 5.41) is 8.83. The summed E-state index contributed by atoms with van der Waals surface area (Å²) in [7, 11) is 0. The number of nitrogens with two attached hydrogens (primary N) is 1. The number of anilines is 1. The molecule has 1 aliphatic rings. The minimum atomic E-state index is 0.182. The van der Waals surface area contributed by atoms with E-state index in [0.29, 0.717) is 11.4 Å². The second kappa shape index (κ2) is 4.68. The molecule has 2 atom stereocenters. The lowest BCUT2D eigenvalue weighted by molar-refractivity contribution is 0.418. The second-order valence-electron chi connectivity index (χ2n) is 4.51. The number of aromatic nitrogens is 2. The van der Waals surface area contributed by atoms with E-state index < -0.39 is 0 Å². The van der Waals surface area contributed by atoms with Crippen molar-refractivity contribution in [2.75, 3.05) is 11.4 Å². The van der Waals surface area contributed by atoms with Crippen LogP contribution in [0.2, 0.25) is 0 Å². The summed E-state index contributed by atoms with van der Waals surface area (Å²) < 4.78 is 0. The van der Waals surface area contributed by atoms with Crippen molar-refractivity contribution in [2.24, 2.45) is 5.73 Å². The van der Waals surface area contributed by atoms with E-state index >= 15 is 0 Å². The molecule has 17 heavy (non-hydrogen) atoms. The largest absolute Gasteiger partial charge is 0.351 e. The average Bonchev–Trinajstić information content (AvgIpc) is 2.32. The highest BCUT2D eigenvalue weighted by Crippen LogP contribution is 2.22. The van der Waals surface area contributed by atoms with E-state index in [-0.39, 0.29) is 12.1 Å². The van der Waals surface area contributed by atoms with Crippen molar-refractivity contribution in [1.82, 2.24) is 9.97 Å². The van der Waals surface area contributed by atoms with Gasteiger partial charge < -0.3 is 10.6 Å². The molecule has 2 unspecified atom stereocenters. The minimum absolute atomic E-state index is 0.182. The van der Waals surface area contributed by atoms with E-state index in [1.54, 1.807) is 6.20 Å². The standard InChI is InChI=1S/C12H17N5/c1-8-11(6-13)15-7-12(16-8)17-5-3-4-10(14)9(17)2/h7,9-10H,3-5,14H2,1-2H3. The fourth-order valence-electron chi connectivity index (χ4n) is 2.21. The Balaban J connectivity index is 2.28. The molecule has 2 rings (SSSR count). The molecular weight excluding hydrogens is 214 g/mol. The van der Waals surface area contributed by atoms with E-state index in [0.717, 1.165) is 25.2 Å². The highest BCUT2D eigenvalue weighted by Gasteiger charge is 2.26. The molecule has 0 aliphatic carbocycles. The van der Waals surface area contributed by atoms with Crippen molar-refractivity contribution >= 4 is 5.82 Å². The van der Waals surface area contributed by atoms with Crippen LogP contribution in [0.15, 0.2) is 6.20 Å². The molecule has 1 aromatic rings. The molecule has 0 saturated carbocycles. The zero-order valence-electron chi connectivity index (χ0n) is 10.2. The van der Waals surface area contributed by atoms with Gasteiger partial charge in [0.1, 0.15) is 11.9 Å². The molecule has 0 spiro atoms. The Bertz CT molecular complexity index is 451. The van der Waals surface area contributed by atoms with Crippen LogP contribution in [0.5, 0.6) is 0 Å². The van der Waals surface area contributed by atoms with E-state index in [4.69, 9.17) is 11.0 Å². The zero-order valence-corrected chi connectivity index (χ0v) is 10.2. The third-order valence-corrected chi connectivity index (χ3v) is 3.38. The summed E-state index contributed by atoms with van der Waals surface area (Å²) in [4.78, 5) is 10.7. The maximum Gasteiger partial charge on any atom is 0.161 e. The maximum absolute atomic E-state index is 8.83. The average molecular weight is 231 g/mol. The molecule has 0 aromatic carbocycles. The van der Waals surface area contributed by atoms with Crippen LogP contribution in [0.25, 0.3) is 0 Å². The third-order valence-electron chi connectivity index (χ3n) is 3.38. The monoisotopic (exact) mass is 231 g/mol. The first-order chi connectivity index (χ1) is 8.13. The van der Waals surface area contributed by atoms with Crippen LogP contribution in [0.1, 0.15) is 31.2 Å². The Kier molecular flexibility index (Phi) is 3.25. The predicted molar refractivity (Wildman–Crippen MR) is 65.5 cm³/mol. The highest BCUT2D eigenvalue weighted by atomic mass is 15.2. The van der Waals surface area contributed by atoms with Gasteiger partial charge in [0.05, 0.1) is 11.9 Å². The van der Waals surface area contributed by atoms with Crippen LogP contribution in [-0.4, -0.2) is 28.6 Å². The van der Waals surface area contributed by atoms with E-state index in [1.807, 2.05) is 13.0 Å². The molecule has 1 aliphatic heterocycles. The number of nitriles is 1. The quantitative estimate of drug-likeness (QED) is 0.779. The Morgan fingerprint density at radius 2 is 2.35 bits per heavy atom. The van der Waals surface area contributed by atoms with Gasteiger partial charge in [-0.15, -0.1) is 0 Å². The minimum Gasteiger partial charge on any atom is -0.351 e. The first-order valence-electron chi connectivity index (χ1n) is 5.89. The van der Waals surface area contributed by atoms with E-state index in [2.05, 4.69) is 21.8 Å². The van der Waals surface area contributed by atoms with Crippen molar-refractivity contribution in [2.45, 2.75) is 38.8 Å². The van der Waals surface area contributed by atoms with E-state index in [1.165, 1.54) is 0 Å². The summed E-state index contributed by atoms with van der Waals surface area (Å²) in [6, 6.07) is 2.48. The van der Waals surface area contributed by atoms with Gasteiger partial charge in [-0.3, -0.25) is 0 Å². The van der Waals surface area contributed by atoms with Crippen LogP contribution in [0.4, 0.5) is 5.82 Å².